The second-order valence-electron chi connectivity index (χ2n) is 2.64. The molecule has 1 aromatic heterocycles. The van der Waals surface area contributed by atoms with Gasteiger partial charge < -0.3 is 15.2 Å². The van der Waals surface area contributed by atoms with Crippen molar-refractivity contribution in [2.45, 2.75) is 19.9 Å². The molecule has 0 aliphatic heterocycles. The van der Waals surface area contributed by atoms with Crippen molar-refractivity contribution in [3.05, 3.63) is 22.0 Å². The van der Waals surface area contributed by atoms with E-state index in [0.717, 1.165) is 4.57 Å². The van der Waals surface area contributed by atoms with Crippen molar-refractivity contribution in [1.82, 2.24) is 9.55 Å². The zero-order valence-electron chi connectivity index (χ0n) is 7.51. The third kappa shape index (κ3) is 1.87. The van der Waals surface area contributed by atoms with Crippen LogP contribution in [0.3, 0.4) is 0 Å². The van der Waals surface area contributed by atoms with Gasteiger partial charge in [-0.2, -0.15) is 0 Å². The summed E-state index contributed by atoms with van der Waals surface area (Å²) in [7, 11) is 0. The Hall–Kier alpha value is -1.92. The summed E-state index contributed by atoms with van der Waals surface area (Å²) in [6, 6.07) is 0. The largest absolute Gasteiger partial charge is 0.479 e. The molecule has 0 atom stereocenters. The molecule has 0 fully saturated rings. The quantitative estimate of drug-likeness (QED) is 0.560. The van der Waals surface area contributed by atoms with Crippen LogP contribution in [0.4, 0.5) is 5.95 Å². The lowest BCUT2D eigenvalue weighted by Gasteiger charge is -2.00. The second kappa shape index (κ2) is 3.86. The number of nitro groups is 1. The number of carboxylic acid groups (broad SMARTS) is 1. The van der Waals surface area contributed by atoms with Crippen LogP contribution in [0, 0.1) is 10.1 Å². The predicted octanol–water partition coefficient (Wildman–Crippen LogP) is 0.438. The average molecular weight is 199 g/mol. The molecule has 0 unspecified atom stereocenters. The van der Waals surface area contributed by atoms with Gasteiger partial charge in [0.1, 0.15) is 11.9 Å². The monoisotopic (exact) mass is 199 g/mol. The van der Waals surface area contributed by atoms with Crippen molar-refractivity contribution in [1.29, 1.82) is 0 Å². The van der Waals surface area contributed by atoms with Crippen LogP contribution in [0.1, 0.15) is 12.6 Å². The van der Waals surface area contributed by atoms with E-state index in [1.165, 1.54) is 6.20 Å². The first-order valence-electron chi connectivity index (χ1n) is 3.96. The zero-order valence-corrected chi connectivity index (χ0v) is 7.51. The van der Waals surface area contributed by atoms with Crippen LogP contribution in [-0.4, -0.2) is 25.6 Å². The Morgan fingerprint density at radius 3 is 2.86 bits per heavy atom. The lowest BCUT2D eigenvalue weighted by Crippen LogP contribution is -2.13. The first-order chi connectivity index (χ1) is 6.56. The normalized spacial score (nSPS) is 10.1. The van der Waals surface area contributed by atoms with E-state index in [2.05, 4.69) is 4.98 Å². The topological polar surface area (TPSA) is 98.3 Å². The summed E-state index contributed by atoms with van der Waals surface area (Å²) in [5, 5.41) is 19.0. The highest BCUT2D eigenvalue weighted by Gasteiger charge is 2.21. The van der Waals surface area contributed by atoms with Gasteiger partial charge in [0.25, 0.3) is 0 Å². The standard InChI is InChI=1S/C7H9N3O4/c1-2-5-3-8-7(10(13)14)9(5)4-6(11)12/h3H,2,4H2,1H3,(H,11,12). The maximum atomic E-state index is 10.5. The Morgan fingerprint density at radius 2 is 2.43 bits per heavy atom. The van der Waals surface area contributed by atoms with Crippen LogP contribution in [0.15, 0.2) is 6.20 Å². The summed E-state index contributed by atoms with van der Waals surface area (Å²) < 4.78 is 1.09. The van der Waals surface area contributed by atoms with E-state index >= 15 is 0 Å². The fourth-order valence-electron chi connectivity index (χ4n) is 1.14. The molecule has 1 aromatic rings. The second-order valence-corrected chi connectivity index (χ2v) is 2.64. The Kier molecular flexibility index (Phi) is 2.80. The zero-order chi connectivity index (χ0) is 10.7. The smallest absolute Gasteiger partial charge is 0.435 e. The molecule has 0 radical (unpaired) electrons. The molecule has 7 nitrogen and oxygen atoms in total. The summed E-state index contributed by atoms with van der Waals surface area (Å²) in [6.07, 6.45) is 1.83. The summed E-state index contributed by atoms with van der Waals surface area (Å²) >= 11 is 0. The minimum absolute atomic E-state index is 0.427. The molecule has 0 aliphatic carbocycles. The minimum Gasteiger partial charge on any atom is -0.479 e. The third-order valence-corrected chi connectivity index (χ3v) is 1.74. The molecule has 1 N–H and O–H groups in total. The van der Waals surface area contributed by atoms with E-state index < -0.39 is 23.4 Å². The van der Waals surface area contributed by atoms with E-state index in [-0.39, 0.29) is 0 Å². The Labute approximate surface area is 79.1 Å². The lowest BCUT2D eigenvalue weighted by atomic mass is 10.3. The van der Waals surface area contributed by atoms with Crippen LogP contribution in [0.5, 0.6) is 0 Å². The number of rotatable bonds is 4. The number of nitrogens with zero attached hydrogens (tertiary/aromatic N) is 3. The fourth-order valence-corrected chi connectivity index (χ4v) is 1.14. The number of aryl methyl sites for hydroxylation is 1. The van der Waals surface area contributed by atoms with E-state index in [4.69, 9.17) is 5.11 Å². The van der Waals surface area contributed by atoms with Crippen molar-refractivity contribution < 1.29 is 14.8 Å². The molecule has 7 heteroatoms. The van der Waals surface area contributed by atoms with Crippen molar-refractivity contribution in [2.75, 3.05) is 0 Å². The van der Waals surface area contributed by atoms with Gasteiger partial charge in [0.05, 0.1) is 0 Å². The van der Waals surface area contributed by atoms with Crippen molar-refractivity contribution in [3.63, 3.8) is 0 Å². The molecule has 0 bridgehead atoms. The lowest BCUT2D eigenvalue weighted by molar-refractivity contribution is -0.396. The summed E-state index contributed by atoms with van der Waals surface area (Å²) in [4.78, 5) is 23.7. The maximum Gasteiger partial charge on any atom is 0.435 e. The Balaban J connectivity index is 3.12. The number of aliphatic carboxylic acids is 1. The molecule has 0 saturated heterocycles. The molecule has 0 spiro atoms. The summed E-state index contributed by atoms with van der Waals surface area (Å²) in [6.45, 7) is 1.35. The summed E-state index contributed by atoms with van der Waals surface area (Å²) in [5.41, 5.74) is 0.541. The summed E-state index contributed by atoms with van der Waals surface area (Å²) in [5.74, 6) is -1.55. The maximum absolute atomic E-state index is 10.5. The highest BCUT2D eigenvalue weighted by Crippen LogP contribution is 2.13. The molecule has 1 rings (SSSR count). The Bertz CT molecular complexity index is 371. The van der Waals surface area contributed by atoms with Crippen LogP contribution in [0.2, 0.25) is 0 Å². The minimum atomic E-state index is -1.12. The van der Waals surface area contributed by atoms with E-state index in [1.807, 2.05) is 0 Å². The SMILES string of the molecule is CCc1cnc([N+](=O)[O-])n1CC(=O)O. The van der Waals surface area contributed by atoms with E-state index in [9.17, 15) is 14.9 Å². The number of carbonyl (C=O) groups is 1. The molecular weight excluding hydrogens is 190 g/mol. The first-order valence-corrected chi connectivity index (χ1v) is 3.96. The highest BCUT2D eigenvalue weighted by atomic mass is 16.6. The number of carboxylic acids is 1. The molecule has 1 heterocycles. The predicted molar refractivity (Wildman–Crippen MR) is 45.9 cm³/mol. The Morgan fingerprint density at radius 1 is 1.79 bits per heavy atom. The number of hydrogen-bond donors (Lipinski definition) is 1. The van der Waals surface area contributed by atoms with Gasteiger partial charge in [0.15, 0.2) is 6.54 Å². The van der Waals surface area contributed by atoms with Gasteiger partial charge in [0, 0.05) is 6.42 Å². The fraction of sp³-hybridized carbons (Fsp3) is 0.429. The molecule has 76 valence electrons. The number of aromatic nitrogens is 2. The highest BCUT2D eigenvalue weighted by molar-refractivity contribution is 5.67. The average Bonchev–Trinajstić information content (AvgIpc) is 2.46. The van der Waals surface area contributed by atoms with Gasteiger partial charge >= 0.3 is 11.9 Å². The van der Waals surface area contributed by atoms with Crippen molar-refractivity contribution in [3.8, 4) is 0 Å². The van der Waals surface area contributed by atoms with Crippen molar-refractivity contribution in [2.24, 2.45) is 0 Å². The van der Waals surface area contributed by atoms with Crippen LogP contribution in [0.25, 0.3) is 0 Å². The van der Waals surface area contributed by atoms with Gasteiger partial charge in [-0.3, -0.25) is 0 Å². The molecule has 14 heavy (non-hydrogen) atoms. The number of imidazole rings is 1. The van der Waals surface area contributed by atoms with Crippen LogP contribution in [-0.2, 0) is 17.8 Å². The van der Waals surface area contributed by atoms with Crippen molar-refractivity contribution >= 4 is 11.9 Å². The number of hydrogen-bond acceptors (Lipinski definition) is 4. The van der Waals surface area contributed by atoms with Gasteiger partial charge in [-0.25, -0.2) is 9.36 Å². The van der Waals surface area contributed by atoms with Crippen LogP contribution >= 0.6 is 0 Å². The molecule has 0 aliphatic rings. The van der Waals surface area contributed by atoms with Gasteiger partial charge in [-0.15, -0.1) is 0 Å². The van der Waals surface area contributed by atoms with Crippen LogP contribution < -0.4 is 0 Å². The van der Waals surface area contributed by atoms with Gasteiger partial charge in [-0.05, 0) is 4.92 Å². The molecule has 0 aromatic carbocycles. The van der Waals surface area contributed by atoms with Gasteiger partial charge in [0.2, 0.25) is 0 Å². The molecule has 0 amide bonds. The van der Waals surface area contributed by atoms with E-state index in [1.54, 1.807) is 6.92 Å². The molecule has 0 saturated carbocycles. The first kappa shape index (κ1) is 10.2. The third-order valence-electron chi connectivity index (χ3n) is 1.74. The van der Waals surface area contributed by atoms with E-state index in [0.29, 0.717) is 12.1 Å². The van der Waals surface area contributed by atoms with Gasteiger partial charge in [-0.1, -0.05) is 11.9 Å². The molecular formula is C7H9N3O4.